The van der Waals surface area contributed by atoms with Gasteiger partial charge in [-0.15, -0.1) is 0 Å². The topological polar surface area (TPSA) is 77.9 Å². The van der Waals surface area contributed by atoms with Gasteiger partial charge < -0.3 is 5.32 Å². The fourth-order valence-electron chi connectivity index (χ4n) is 0.799. The number of aliphatic imine (C=N–C) groups is 1. The molecule has 0 fully saturated rings. The van der Waals surface area contributed by atoms with E-state index in [1.54, 1.807) is 0 Å². The van der Waals surface area contributed by atoms with Crippen molar-refractivity contribution in [3.05, 3.63) is 0 Å². The van der Waals surface area contributed by atoms with Crippen molar-refractivity contribution in [2.45, 2.75) is 6.17 Å². The average Bonchev–Trinajstić information content (AvgIpc) is 2.33. The summed E-state index contributed by atoms with van der Waals surface area (Å²) >= 11 is 0. The molecule has 0 saturated carbocycles. The Kier molecular flexibility index (Phi) is 0.952. The smallest absolute Gasteiger partial charge is 0.314 e. The van der Waals surface area contributed by atoms with Crippen LogP contribution >= 0.6 is 0 Å². The molecule has 0 aromatic carbocycles. The number of rotatable bonds is 0. The molecule has 10 heavy (non-hydrogen) atoms. The zero-order valence-corrected chi connectivity index (χ0v) is 4.96. The third-order valence-electron chi connectivity index (χ3n) is 1.27. The van der Waals surface area contributed by atoms with Crippen LogP contribution in [0.5, 0.6) is 0 Å². The quantitative estimate of drug-likeness (QED) is 0.385. The highest BCUT2D eigenvalue weighted by atomic mass is 16.2. The number of hydrazine groups is 1. The van der Waals surface area contributed by atoms with Crippen LogP contribution in [0.3, 0.4) is 0 Å². The molecule has 2 rings (SSSR count). The molecule has 0 saturated heterocycles. The summed E-state index contributed by atoms with van der Waals surface area (Å²) in [6, 6.07) is -0.347. The molecule has 0 spiro atoms. The molecule has 6 heteroatoms. The highest BCUT2D eigenvalue weighted by Crippen LogP contribution is 1.94. The zero-order valence-electron chi connectivity index (χ0n) is 4.96. The second-order valence-corrected chi connectivity index (χ2v) is 1.93. The largest absolute Gasteiger partial charge is 0.342 e. The average molecular weight is 139 g/mol. The third-order valence-corrected chi connectivity index (χ3v) is 1.27. The second kappa shape index (κ2) is 1.77. The first kappa shape index (κ1) is 5.36. The molecule has 1 atom stereocenters. The molecule has 2 amide bonds. The van der Waals surface area contributed by atoms with E-state index in [1.807, 2.05) is 0 Å². The van der Waals surface area contributed by atoms with Gasteiger partial charge in [0.05, 0.1) is 6.21 Å². The summed E-state index contributed by atoms with van der Waals surface area (Å²) in [4.78, 5) is 14.1. The normalized spacial score (nSPS) is 28.6. The number of fused-ring (bicyclic) bond motifs is 1. The highest BCUT2D eigenvalue weighted by molar-refractivity contribution is 6.36. The molecule has 2 aliphatic heterocycles. The number of urea groups is 1. The molecule has 2 aliphatic rings. The van der Waals surface area contributed by atoms with Crippen molar-refractivity contribution in [1.82, 2.24) is 16.3 Å². The Morgan fingerprint density at radius 2 is 2.50 bits per heavy atom. The summed E-state index contributed by atoms with van der Waals surface area (Å²) in [5.41, 5.74) is 5.92. The third kappa shape index (κ3) is 0.660. The van der Waals surface area contributed by atoms with Crippen molar-refractivity contribution >= 4 is 18.0 Å². The number of carbonyl (C=O) groups excluding carboxylic acids is 1. The monoisotopic (exact) mass is 139 g/mol. The van der Waals surface area contributed by atoms with Gasteiger partial charge in [-0.05, 0) is 0 Å². The number of hydrogen-bond donors (Lipinski definition) is 3. The molecule has 0 aromatic rings. The van der Waals surface area contributed by atoms with Gasteiger partial charge in [0.1, 0.15) is 11.9 Å². The van der Waals surface area contributed by atoms with Gasteiger partial charge in [-0.25, -0.2) is 10.3 Å². The van der Waals surface area contributed by atoms with Gasteiger partial charge in [-0.3, -0.25) is 0 Å². The Balaban J connectivity index is 2.28. The fourth-order valence-corrected chi connectivity index (χ4v) is 0.799. The van der Waals surface area contributed by atoms with Gasteiger partial charge in [0.2, 0.25) is 0 Å². The van der Waals surface area contributed by atoms with Gasteiger partial charge in [0.25, 0.3) is 0 Å². The molecule has 0 bridgehead atoms. The van der Waals surface area contributed by atoms with E-state index in [-0.39, 0.29) is 12.2 Å². The van der Waals surface area contributed by atoms with Crippen LogP contribution in [0.1, 0.15) is 0 Å². The Bertz CT molecular complexity index is 232. The minimum atomic E-state index is -0.347. The van der Waals surface area contributed by atoms with Crippen molar-refractivity contribution in [3.63, 3.8) is 0 Å². The first-order valence-electron chi connectivity index (χ1n) is 2.79. The van der Waals surface area contributed by atoms with Crippen molar-refractivity contribution < 1.29 is 4.79 Å². The number of nitrogens with zero attached hydrogens (tertiary/aromatic N) is 2. The SMILES string of the molecule is O=C1N=CC2=NNNC2N1. The standard InChI is InChI=1S/C4H5N5O/c10-4-5-1-2-3(6-4)8-9-7-2/h1,3,8-9H,(H,6,10). The maximum atomic E-state index is 10.6. The lowest BCUT2D eigenvalue weighted by molar-refractivity contribution is 0.246. The molecule has 52 valence electrons. The Morgan fingerprint density at radius 1 is 1.60 bits per heavy atom. The summed E-state index contributed by atoms with van der Waals surface area (Å²) in [5, 5.41) is 6.32. The highest BCUT2D eigenvalue weighted by Gasteiger charge is 2.24. The van der Waals surface area contributed by atoms with Crippen molar-refractivity contribution in [3.8, 4) is 0 Å². The maximum Gasteiger partial charge on any atom is 0.342 e. The Morgan fingerprint density at radius 3 is 3.40 bits per heavy atom. The van der Waals surface area contributed by atoms with Gasteiger partial charge in [-0.2, -0.15) is 15.5 Å². The van der Waals surface area contributed by atoms with Gasteiger partial charge >= 0.3 is 6.03 Å². The Labute approximate surface area is 56.4 Å². The van der Waals surface area contributed by atoms with E-state index in [4.69, 9.17) is 0 Å². The van der Waals surface area contributed by atoms with E-state index in [0.717, 1.165) is 0 Å². The summed E-state index contributed by atoms with van der Waals surface area (Å²) in [7, 11) is 0. The molecule has 0 aliphatic carbocycles. The van der Waals surface area contributed by atoms with Gasteiger partial charge in [0, 0.05) is 0 Å². The van der Waals surface area contributed by atoms with Crippen LogP contribution in [0.2, 0.25) is 0 Å². The second-order valence-electron chi connectivity index (χ2n) is 1.93. The number of nitrogens with one attached hydrogen (secondary N) is 3. The summed E-state index contributed by atoms with van der Waals surface area (Å²) in [5.74, 6) is 0. The van der Waals surface area contributed by atoms with E-state index in [9.17, 15) is 4.79 Å². The molecule has 0 radical (unpaired) electrons. The number of hydrogen-bond acceptors (Lipinski definition) is 4. The van der Waals surface area contributed by atoms with E-state index >= 15 is 0 Å². The van der Waals surface area contributed by atoms with Gasteiger partial charge in [0.15, 0.2) is 0 Å². The summed E-state index contributed by atoms with van der Waals surface area (Å²) < 4.78 is 0. The zero-order chi connectivity index (χ0) is 6.97. The molecule has 6 nitrogen and oxygen atoms in total. The number of hydrazone groups is 1. The van der Waals surface area contributed by atoms with Crippen LogP contribution in [0.25, 0.3) is 0 Å². The van der Waals surface area contributed by atoms with Crippen LogP contribution in [0, 0.1) is 0 Å². The lowest BCUT2D eigenvalue weighted by Crippen LogP contribution is -2.51. The molecule has 1 unspecified atom stereocenters. The van der Waals surface area contributed by atoms with Crippen molar-refractivity contribution in [2.75, 3.05) is 0 Å². The van der Waals surface area contributed by atoms with Crippen LogP contribution in [0.4, 0.5) is 4.79 Å². The van der Waals surface area contributed by atoms with E-state index in [0.29, 0.717) is 5.71 Å². The molecule has 3 N–H and O–H groups in total. The van der Waals surface area contributed by atoms with Crippen LogP contribution < -0.4 is 16.3 Å². The van der Waals surface area contributed by atoms with Crippen molar-refractivity contribution in [2.24, 2.45) is 10.1 Å². The first-order chi connectivity index (χ1) is 4.86. The first-order valence-corrected chi connectivity index (χ1v) is 2.79. The predicted molar refractivity (Wildman–Crippen MR) is 34.5 cm³/mol. The Hall–Kier alpha value is -1.43. The maximum absolute atomic E-state index is 10.6. The predicted octanol–water partition coefficient (Wildman–Crippen LogP) is -1.43. The molecule has 2 heterocycles. The van der Waals surface area contributed by atoms with Gasteiger partial charge in [-0.1, -0.05) is 0 Å². The molecule has 0 aromatic heterocycles. The summed E-state index contributed by atoms with van der Waals surface area (Å²) in [6.45, 7) is 0. The van der Waals surface area contributed by atoms with Crippen LogP contribution in [-0.2, 0) is 0 Å². The number of carbonyl (C=O) groups is 1. The number of amides is 2. The molecular formula is C4H5N5O. The fraction of sp³-hybridized carbons (Fsp3) is 0.250. The van der Waals surface area contributed by atoms with E-state index in [2.05, 4.69) is 26.4 Å². The van der Waals surface area contributed by atoms with Crippen LogP contribution in [0.15, 0.2) is 10.1 Å². The van der Waals surface area contributed by atoms with Crippen LogP contribution in [-0.4, -0.2) is 24.1 Å². The minimum absolute atomic E-state index is 0.218. The van der Waals surface area contributed by atoms with E-state index in [1.165, 1.54) is 6.21 Å². The lowest BCUT2D eigenvalue weighted by Gasteiger charge is -2.12. The summed E-state index contributed by atoms with van der Waals surface area (Å²) in [6.07, 6.45) is 1.21. The lowest BCUT2D eigenvalue weighted by atomic mass is 10.3. The molecular weight excluding hydrogens is 134 g/mol. The van der Waals surface area contributed by atoms with E-state index < -0.39 is 0 Å². The minimum Gasteiger partial charge on any atom is -0.314 e. The van der Waals surface area contributed by atoms with Crippen molar-refractivity contribution in [1.29, 1.82) is 0 Å².